The summed E-state index contributed by atoms with van der Waals surface area (Å²) in [6.45, 7) is 6.62. The number of allylic oxidation sites excluding steroid dienone is 5. The number of hydrogen-bond acceptors (Lipinski definition) is 4. The summed E-state index contributed by atoms with van der Waals surface area (Å²) in [5.41, 5.74) is 0. The standard InChI is InChI=1S/C23H38O4Si/c1-5-6-9-12-20(27-28(3)4)17-15-19-16-18-22(24)21(19)13-10-7-8-11-14-23(25)26-2/h7,10,15-21,28H,5-6,8-9,11-14H2,1-4H3/b10-7+,17-15+/t19-,20-,21+/m0/s1. The minimum absolute atomic E-state index is 0.0132. The molecule has 5 heteroatoms. The van der Waals surface area contributed by atoms with Crippen molar-refractivity contribution in [3.05, 3.63) is 36.5 Å². The molecule has 3 atom stereocenters. The highest BCUT2D eigenvalue weighted by molar-refractivity contribution is 6.48. The first kappa shape index (κ1) is 24.6. The highest BCUT2D eigenvalue weighted by Gasteiger charge is 2.27. The maximum atomic E-state index is 12.2. The van der Waals surface area contributed by atoms with Crippen LogP contribution in [0, 0.1) is 11.8 Å². The number of ether oxygens (including phenoxy) is 1. The largest absolute Gasteiger partial charge is 0.469 e. The lowest BCUT2D eigenvalue weighted by Gasteiger charge is -2.19. The molecule has 158 valence electrons. The number of hydrogen-bond donors (Lipinski definition) is 0. The van der Waals surface area contributed by atoms with E-state index in [0.29, 0.717) is 6.42 Å². The van der Waals surface area contributed by atoms with Gasteiger partial charge in [-0.2, -0.15) is 0 Å². The van der Waals surface area contributed by atoms with Crippen LogP contribution in [-0.2, 0) is 18.8 Å². The van der Waals surface area contributed by atoms with Gasteiger partial charge in [-0.1, -0.05) is 56.6 Å². The second kappa shape index (κ2) is 14.5. The molecule has 1 aliphatic carbocycles. The Morgan fingerprint density at radius 2 is 2.04 bits per heavy atom. The monoisotopic (exact) mass is 406 g/mol. The molecule has 0 saturated carbocycles. The van der Waals surface area contributed by atoms with Gasteiger partial charge >= 0.3 is 5.97 Å². The third kappa shape index (κ3) is 10.2. The van der Waals surface area contributed by atoms with Gasteiger partial charge in [0, 0.05) is 18.3 Å². The van der Waals surface area contributed by atoms with E-state index < -0.39 is 9.04 Å². The van der Waals surface area contributed by atoms with E-state index in [0.717, 1.165) is 25.7 Å². The van der Waals surface area contributed by atoms with Crippen LogP contribution < -0.4 is 0 Å². The van der Waals surface area contributed by atoms with Crippen LogP contribution in [0.3, 0.4) is 0 Å². The number of ketones is 1. The molecule has 0 fully saturated rings. The fourth-order valence-corrected chi connectivity index (χ4v) is 4.28. The van der Waals surface area contributed by atoms with Crippen LogP contribution in [0.1, 0.15) is 58.3 Å². The summed E-state index contributed by atoms with van der Waals surface area (Å²) in [6, 6.07) is 0. The number of unbranched alkanes of at least 4 members (excludes halogenated alkanes) is 3. The minimum atomic E-state index is -1.09. The lowest BCUT2D eigenvalue weighted by molar-refractivity contribution is -0.140. The topological polar surface area (TPSA) is 52.6 Å². The maximum Gasteiger partial charge on any atom is 0.305 e. The Morgan fingerprint density at radius 1 is 1.25 bits per heavy atom. The van der Waals surface area contributed by atoms with Crippen molar-refractivity contribution in [3.8, 4) is 0 Å². The predicted molar refractivity (Wildman–Crippen MR) is 118 cm³/mol. The fourth-order valence-electron chi connectivity index (χ4n) is 3.36. The van der Waals surface area contributed by atoms with E-state index in [2.05, 4.69) is 49.1 Å². The number of rotatable bonds is 14. The summed E-state index contributed by atoms with van der Waals surface area (Å²) < 4.78 is 10.8. The van der Waals surface area contributed by atoms with Crippen molar-refractivity contribution in [1.29, 1.82) is 0 Å². The molecule has 4 nitrogen and oxygen atoms in total. The van der Waals surface area contributed by atoms with Gasteiger partial charge in [-0.15, -0.1) is 0 Å². The van der Waals surface area contributed by atoms with Crippen LogP contribution in [0.15, 0.2) is 36.5 Å². The summed E-state index contributed by atoms with van der Waals surface area (Å²) >= 11 is 0. The van der Waals surface area contributed by atoms with E-state index in [4.69, 9.17) is 4.43 Å². The molecular formula is C23H38O4Si. The number of esters is 1. The van der Waals surface area contributed by atoms with Gasteiger partial charge in [0.15, 0.2) is 14.8 Å². The summed E-state index contributed by atoms with van der Waals surface area (Å²) in [5.74, 6) is 0.170. The molecule has 28 heavy (non-hydrogen) atoms. The second-order valence-electron chi connectivity index (χ2n) is 7.72. The van der Waals surface area contributed by atoms with Crippen LogP contribution in [0.2, 0.25) is 13.1 Å². The maximum absolute atomic E-state index is 12.2. The van der Waals surface area contributed by atoms with Gasteiger partial charge in [-0.3, -0.25) is 9.59 Å². The fraction of sp³-hybridized carbons (Fsp3) is 0.652. The highest BCUT2D eigenvalue weighted by Crippen LogP contribution is 2.28. The third-order valence-electron chi connectivity index (χ3n) is 4.94. The molecule has 0 radical (unpaired) electrons. The SMILES string of the molecule is CCCCC[C@@H](/C=C/[C@H]1C=CC(=O)[C@@H]1C/C=C/CCCC(=O)OC)O[SiH](C)C. The van der Waals surface area contributed by atoms with Gasteiger partial charge in [0.25, 0.3) is 0 Å². The highest BCUT2D eigenvalue weighted by atomic mass is 28.3. The molecule has 0 unspecified atom stereocenters. The Kier molecular flexibility index (Phi) is 12.7. The molecule has 0 aromatic rings. The molecule has 0 N–H and O–H groups in total. The number of carbonyl (C=O) groups is 2. The average molecular weight is 407 g/mol. The molecular weight excluding hydrogens is 368 g/mol. The number of methoxy groups -OCH3 is 1. The molecule has 0 aromatic carbocycles. The van der Waals surface area contributed by atoms with Gasteiger partial charge in [-0.25, -0.2) is 0 Å². The second-order valence-corrected chi connectivity index (χ2v) is 10.1. The van der Waals surface area contributed by atoms with Crippen LogP contribution in [0.5, 0.6) is 0 Å². The first-order valence-electron chi connectivity index (χ1n) is 10.8. The Labute approximate surface area is 172 Å². The molecule has 0 amide bonds. The summed E-state index contributed by atoms with van der Waals surface area (Å²) in [4.78, 5) is 23.3. The van der Waals surface area contributed by atoms with Crippen molar-refractivity contribution in [2.75, 3.05) is 7.11 Å². The molecule has 0 bridgehead atoms. The zero-order chi connectivity index (χ0) is 20.8. The summed E-state index contributed by atoms with van der Waals surface area (Å²) in [5, 5.41) is 0. The van der Waals surface area contributed by atoms with Gasteiger partial charge in [0.05, 0.1) is 13.2 Å². The van der Waals surface area contributed by atoms with E-state index >= 15 is 0 Å². The Bertz CT molecular complexity index is 551. The third-order valence-corrected chi connectivity index (χ3v) is 5.83. The van der Waals surface area contributed by atoms with Crippen LogP contribution in [0.4, 0.5) is 0 Å². The summed E-state index contributed by atoms with van der Waals surface area (Å²) in [6.07, 6.45) is 19.9. The van der Waals surface area contributed by atoms with Crippen molar-refractivity contribution >= 4 is 20.8 Å². The molecule has 0 aromatic heterocycles. The van der Waals surface area contributed by atoms with Gasteiger partial charge in [-0.05, 0) is 44.9 Å². The quantitative estimate of drug-likeness (QED) is 0.173. The van der Waals surface area contributed by atoms with Crippen LogP contribution in [-0.4, -0.2) is 34.0 Å². The first-order valence-corrected chi connectivity index (χ1v) is 13.5. The van der Waals surface area contributed by atoms with Crippen LogP contribution in [0.25, 0.3) is 0 Å². The molecule has 0 heterocycles. The van der Waals surface area contributed by atoms with Crippen molar-refractivity contribution in [3.63, 3.8) is 0 Å². The Morgan fingerprint density at radius 3 is 2.71 bits per heavy atom. The van der Waals surface area contributed by atoms with Gasteiger partial charge in [0.2, 0.25) is 0 Å². The molecule has 1 rings (SSSR count). The van der Waals surface area contributed by atoms with Crippen LogP contribution >= 0.6 is 0 Å². The normalized spacial score (nSPS) is 20.7. The smallest absolute Gasteiger partial charge is 0.305 e. The van der Waals surface area contributed by atoms with Crippen molar-refractivity contribution in [2.24, 2.45) is 11.8 Å². The van der Waals surface area contributed by atoms with E-state index in [9.17, 15) is 9.59 Å². The molecule has 1 aliphatic rings. The lowest BCUT2D eigenvalue weighted by Crippen LogP contribution is -2.20. The zero-order valence-electron chi connectivity index (χ0n) is 18.1. The van der Waals surface area contributed by atoms with E-state index in [1.54, 1.807) is 6.08 Å². The summed E-state index contributed by atoms with van der Waals surface area (Å²) in [7, 11) is 0.317. The predicted octanol–water partition coefficient (Wildman–Crippen LogP) is 5.15. The average Bonchev–Trinajstić information content (AvgIpc) is 3.01. The van der Waals surface area contributed by atoms with Crippen molar-refractivity contribution in [1.82, 2.24) is 0 Å². The van der Waals surface area contributed by atoms with Crippen molar-refractivity contribution in [2.45, 2.75) is 77.5 Å². The molecule has 0 saturated heterocycles. The first-order chi connectivity index (χ1) is 13.5. The Balaban J connectivity index is 2.52. The zero-order valence-corrected chi connectivity index (χ0v) is 19.2. The van der Waals surface area contributed by atoms with E-state index in [-0.39, 0.29) is 29.7 Å². The van der Waals surface area contributed by atoms with Gasteiger partial charge in [0.1, 0.15) is 0 Å². The van der Waals surface area contributed by atoms with E-state index in [1.807, 2.05) is 6.08 Å². The molecule has 0 spiro atoms. The Hall–Kier alpha value is -1.46. The number of carbonyl (C=O) groups excluding carboxylic acids is 2. The van der Waals surface area contributed by atoms with Crippen molar-refractivity contribution < 1.29 is 18.8 Å². The van der Waals surface area contributed by atoms with Gasteiger partial charge < -0.3 is 9.16 Å². The lowest BCUT2D eigenvalue weighted by atomic mass is 9.90. The molecule has 0 aliphatic heterocycles. The van der Waals surface area contributed by atoms with E-state index in [1.165, 1.54) is 26.4 Å². The minimum Gasteiger partial charge on any atom is -0.469 e.